The van der Waals surface area contributed by atoms with E-state index in [4.69, 9.17) is 9.47 Å². The lowest BCUT2D eigenvalue weighted by atomic mass is 10.1. The van der Waals surface area contributed by atoms with Crippen LogP contribution in [0, 0.1) is 11.8 Å². The summed E-state index contributed by atoms with van der Waals surface area (Å²) < 4.78 is 11.0. The highest BCUT2D eigenvalue weighted by Crippen LogP contribution is 2.28. The molecule has 0 aliphatic heterocycles. The molecule has 0 spiro atoms. The van der Waals surface area contributed by atoms with Crippen molar-refractivity contribution in [2.45, 2.75) is 6.42 Å². The van der Waals surface area contributed by atoms with Gasteiger partial charge in [-0.15, -0.1) is 17.9 Å². The number of ether oxygens (including phenoxy) is 2. The van der Waals surface area contributed by atoms with Gasteiger partial charge in [-0.05, 0) is 53.8 Å². The summed E-state index contributed by atoms with van der Waals surface area (Å²) in [5.41, 5.74) is 2.57. The maximum Gasteiger partial charge on any atom is 0.262 e. The molecule has 0 saturated carbocycles. The number of benzene rings is 2. The zero-order chi connectivity index (χ0) is 20.5. The second-order valence-electron chi connectivity index (χ2n) is 6.12. The second kappa shape index (κ2) is 10.2. The first-order chi connectivity index (χ1) is 14.2. The third kappa shape index (κ3) is 6.00. The average molecular weight is 404 g/mol. The maximum absolute atomic E-state index is 12.3. The number of hydrogen-bond donors (Lipinski definition) is 1. The number of amides is 1. The van der Waals surface area contributed by atoms with Gasteiger partial charge in [-0.2, -0.15) is 0 Å². The van der Waals surface area contributed by atoms with Crippen LogP contribution in [-0.2, 0) is 11.2 Å². The van der Waals surface area contributed by atoms with Gasteiger partial charge in [0.25, 0.3) is 5.91 Å². The van der Waals surface area contributed by atoms with E-state index in [1.807, 2.05) is 60.0 Å². The van der Waals surface area contributed by atoms with Crippen LogP contribution < -0.4 is 14.8 Å². The number of methoxy groups -OCH3 is 1. The Morgan fingerprint density at radius 3 is 2.79 bits per heavy atom. The average Bonchev–Trinajstić information content (AvgIpc) is 3.25. The summed E-state index contributed by atoms with van der Waals surface area (Å²) in [6.45, 7) is 3.61. The molecule has 4 nitrogen and oxygen atoms in total. The van der Waals surface area contributed by atoms with Gasteiger partial charge in [0.15, 0.2) is 18.1 Å². The van der Waals surface area contributed by atoms with Crippen LogP contribution in [0.5, 0.6) is 11.5 Å². The van der Waals surface area contributed by atoms with Gasteiger partial charge in [0, 0.05) is 11.3 Å². The molecule has 0 unspecified atom stereocenters. The number of hydrogen-bond acceptors (Lipinski definition) is 4. The molecule has 0 fully saturated rings. The molecule has 1 N–H and O–H groups in total. The molecule has 3 aromatic rings. The summed E-state index contributed by atoms with van der Waals surface area (Å²) in [6, 6.07) is 17.0. The Hall–Kier alpha value is -3.49. The smallest absolute Gasteiger partial charge is 0.262 e. The van der Waals surface area contributed by atoms with Crippen LogP contribution in [0.25, 0.3) is 0 Å². The Morgan fingerprint density at radius 2 is 2.03 bits per heavy atom. The van der Waals surface area contributed by atoms with E-state index in [9.17, 15) is 4.79 Å². The Bertz CT molecular complexity index is 1050. The number of allylic oxidation sites excluding steroid dienone is 1. The van der Waals surface area contributed by atoms with Crippen molar-refractivity contribution in [2.24, 2.45) is 0 Å². The lowest BCUT2D eigenvalue weighted by molar-refractivity contribution is -0.118. The number of thiophene rings is 1. The van der Waals surface area contributed by atoms with Gasteiger partial charge >= 0.3 is 0 Å². The minimum absolute atomic E-state index is 0.123. The monoisotopic (exact) mass is 403 g/mol. The third-order valence-corrected chi connectivity index (χ3v) is 4.75. The van der Waals surface area contributed by atoms with Crippen LogP contribution in [0.3, 0.4) is 0 Å². The molecule has 0 saturated heterocycles. The first-order valence-corrected chi connectivity index (χ1v) is 9.92. The SMILES string of the molecule is C=CCc1ccc(OCC(=O)Nc2cccc(C#Cc3cccs3)c2)c(OC)c1. The van der Waals surface area contributed by atoms with E-state index in [0.717, 1.165) is 22.4 Å². The molecule has 146 valence electrons. The number of carbonyl (C=O) groups is 1. The minimum atomic E-state index is -0.259. The van der Waals surface area contributed by atoms with E-state index in [-0.39, 0.29) is 12.5 Å². The molecule has 1 heterocycles. The standard InChI is InChI=1S/C24H21NO3S/c1-3-6-18-11-13-22(23(16-18)27-2)28-17-24(26)25-20-8-4-7-19(15-20)10-12-21-9-5-14-29-21/h3-5,7-9,11,13-16H,1,6,17H2,2H3,(H,25,26). The Labute approximate surface area is 174 Å². The van der Waals surface area contributed by atoms with E-state index < -0.39 is 0 Å². The van der Waals surface area contributed by atoms with Crippen LogP contribution in [0.15, 0.2) is 72.6 Å². The normalized spacial score (nSPS) is 9.83. The van der Waals surface area contributed by atoms with Gasteiger partial charge in [0.05, 0.1) is 12.0 Å². The highest BCUT2D eigenvalue weighted by atomic mass is 32.1. The van der Waals surface area contributed by atoms with Gasteiger partial charge in [-0.1, -0.05) is 36.1 Å². The van der Waals surface area contributed by atoms with E-state index in [0.29, 0.717) is 17.2 Å². The van der Waals surface area contributed by atoms with E-state index in [1.165, 1.54) is 0 Å². The quantitative estimate of drug-likeness (QED) is 0.451. The molecule has 1 aromatic heterocycles. The van der Waals surface area contributed by atoms with Gasteiger partial charge in [0.2, 0.25) is 0 Å². The number of anilines is 1. The van der Waals surface area contributed by atoms with Gasteiger partial charge < -0.3 is 14.8 Å². The van der Waals surface area contributed by atoms with Gasteiger partial charge in [-0.25, -0.2) is 0 Å². The van der Waals surface area contributed by atoms with Gasteiger partial charge in [0.1, 0.15) is 0 Å². The van der Waals surface area contributed by atoms with Crippen LogP contribution in [0.2, 0.25) is 0 Å². The first kappa shape index (κ1) is 20.2. The Kier molecular flexibility index (Phi) is 7.10. The van der Waals surface area contributed by atoms with Crippen molar-refractivity contribution < 1.29 is 14.3 Å². The molecule has 0 aliphatic carbocycles. The molecular formula is C24H21NO3S. The zero-order valence-corrected chi connectivity index (χ0v) is 16.9. The molecule has 3 rings (SSSR count). The highest BCUT2D eigenvalue weighted by molar-refractivity contribution is 7.10. The predicted molar refractivity (Wildman–Crippen MR) is 118 cm³/mol. The zero-order valence-electron chi connectivity index (χ0n) is 16.1. The Morgan fingerprint density at radius 1 is 1.14 bits per heavy atom. The molecule has 0 atom stereocenters. The first-order valence-electron chi connectivity index (χ1n) is 9.04. The molecule has 2 aromatic carbocycles. The maximum atomic E-state index is 12.3. The van der Waals surface area contributed by atoms with Gasteiger partial charge in [-0.3, -0.25) is 4.79 Å². The van der Waals surface area contributed by atoms with Crippen molar-refractivity contribution >= 4 is 22.9 Å². The van der Waals surface area contributed by atoms with Crippen molar-refractivity contribution in [2.75, 3.05) is 19.0 Å². The summed E-state index contributed by atoms with van der Waals surface area (Å²) in [5.74, 6) is 7.06. The van der Waals surface area contributed by atoms with E-state index >= 15 is 0 Å². The number of rotatable bonds is 7. The minimum Gasteiger partial charge on any atom is -0.493 e. The summed E-state index contributed by atoms with van der Waals surface area (Å²) in [7, 11) is 1.57. The number of nitrogens with one attached hydrogen (secondary N) is 1. The van der Waals surface area contributed by atoms with E-state index in [2.05, 4.69) is 23.7 Å². The summed E-state index contributed by atoms with van der Waals surface area (Å²) >= 11 is 1.59. The van der Waals surface area contributed by atoms with Crippen molar-refractivity contribution in [3.05, 3.63) is 88.6 Å². The third-order valence-electron chi connectivity index (χ3n) is 3.96. The summed E-state index contributed by atoms with van der Waals surface area (Å²) in [5, 5.41) is 4.82. The molecular weight excluding hydrogens is 382 g/mol. The van der Waals surface area contributed by atoms with E-state index in [1.54, 1.807) is 24.5 Å². The molecule has 0 radical (unpaired) electrons. The molecule has 1 amide bonds. The molecule has 29 heavy (non-hydrogen) atoms. The molecule has 5 heteroatoms. The molecule has 0 bridgehead atoms. The molecule has 0 aliphatic rings. The van der Waals surface area contributed by atoms with Crippen LogP contribution in [-0.4, -0.2) is 19.6 Å². The van der Waals surface area contributed by atoms with Crippen LogP contribution in [0.1, 0.15) is 16.0 Å². The lowest BCUT2D eigenvalue weighted by Crippen LogP contribution is -2.20. The van der Waals surface area contributed by atoms with Crippen molar-refractivity contribution in [3.63, 3.8) is 0 Å². The van der Waals surface area contributed by atoms with Crippen LogP contribution >= 0.6 is 11.3 Å². The Balaban J connectivity index is 1.60. The second-order valence-corrected chi connectivity index (χ2v) is 7.07. The lowest BCUT2D eigenvalue weighted by Gasteiger charge is -2.12. The fraction of sp³-hybridized carbons (Fsp3) is 0.125. The fourth-order valence-electron chi connectivity index (χ4n) is 2.62. The predicted octanol–water partition coefficient (Wildman–Crippen LogP) is 4.90. The number of carbonyl (C=O) groups excluding carboxylic acids is 1. The highest BCUT2D eigenvalue weighted by Gasteiger charge is 2.09. The van der Waals surface area contributed by atoms with Crippen molar-refractivity contribution in [1.82, 2.24) is 0 Å². The van der Waals surface area contributed by atoms with Crippen molar-refractivity contribution in [1.29, 1.82) is 0 Å². The topological polar surface area (TPSA) is 47.6 Å². The fourth-order valence-corrected chi connectivity index (χ4v) is 3.19. The summed E-state index contributed by atoms with van der Waals surface area (Å²) in [6.07, 6.45) is 2.56. The largest absolute Gasteiger partial charge is 0.493 e. The van der Waals surface area contributed by atoms with Crippen LogP contribution in [0.4, 0.5) is 5.69 Å². The van der Waals surface area contributed by atoms with Crippen molar-refractivity contribution in [3.8, 4) is 23.3 Å². The summed E-state index contributed by atoms with van der Waals surface area (Å²) in [4.78, 5) is 13.3.